The van der Waals surface area contributed by atoms with Gasteiger partial charge in [-0.05, 0) is 74.5 Å². The van der Waals surface area contributed by atoms with Gasteiger partial charge in [-0.25, -0.2) is 26.3 Å². The number of nitrogens with zero attached hydrogens (tertiary/aromatic N) is 1. The lowest BCUT2D eigenvalue weighted by atomic mass is 9.91. The van der Waals surface area contributed by atoms with Crippen molar-refractivity contribution in [2.45, 2.75) is 63.4 Å². The zero-order valence-corrected chi connectivity index (χ0v) is 26.2. The molecule has 4 rings (SSSR count). The minimum absolute atomic E-state index is 0.0183. The monoisotopic (exact) mass is 688 g/mol. The van der Waals surface area contributed by atoms with Gasteiger partial charge in [0.1, 0.15) is 17.9 Å². The van der Waals surface area contributed by atoms with Crippen molar-refractivity contribution in [1.82, 2.24) is 20.3 Å². The van der Waals surface area contributed by atoms with E-state index in [1.165, 1.54) is 17.0 Å². The van der Waals surface area contributed by atoms with Crippen LogP contribution in [-0.2, 0) is 37.5 Å². The second kappa shape index (κ2) is 15.0. The first-order valence-corrected chi connectivity index (χ1v) is 16.8. The Kier molecular flexibility index (Phi) is 11.6. The number of halogens is 4. The van der Waals surface area contributed by atoms with E-state index in [0.717, 1.165) is 44.3 Å². The van der Waals surface area contributed by atoms with E-state index in [1.54, 1.807) is 12.1 Å². The van der Waals surface area contributed by atoms with Crippen molar-refractivity contribution >= 4 is 37.8 Å². The van der Waals surface area contributed by atoms with Crippen LogP contribution in [0.5, 0.6) is 0 Å². The van der Waals surface area contributed by atoms with Crippen LogP contribution >= 0.6 is 15.9 Å². The van der Waals surface area contributed by atoms with Gasteiger partial charge < -0.3 is 20.3 Å². The average molecular weight is 690 g/mol. The second-order valence-electron chi connectivity index (χ2n) is 11.1. The molecule has 2 aromatic rings. The highest BCUT2D eigenvalue weighted by Gasteiger charge is 2.42. The Labute approximate surface area is 258 Å². The normalized spacial score (nSPS) is 20.3. The number of sulfonamides is 1. The van der Waals surface area contributed by atoms with Gasteiger partial charge in [0, 0.05) is 29.5 Å². The number of hydrogen-bond donors (Lipinski definition) is 3. The summed E-state index contributed by atoms with van der Waals surface area (Å²) in [5.41, 5.74) is 0.617. The molecular formula is C29H36BrF3N4O5S. The summed E-state index contributed by atoms with van der Waals surface area (Å²) in [6.07, 6.45) is 3.13. The van der Waals surface area contributed by atoms with Gasteiger partial charge in [0.05, 0.1) is 19.0 Å². The Morgan fingerprint density at radius 1 is 1.09 bits per heavy atom. The Balaban J connectivity index is 1.50. The lowest BCUT2D eigenvalue weighted by Gasteiger charge is -2.30. The third-order valence-corrected chi connectivity index (χ3v) is 8.97. The molecule has 2 aliphatic rings. The van der Waals surface area contributed by atoms with Gasteiger partial charge in [-0.2, -0.15) is 0 Å². The van der Waals surface area contributed by atoms with E-state index in [4.69, 9.17) is 4.74 Å². The smallest absolute Gasteiger partial charge is 0.243 e. The summed E-state index contributed by atoms with van der Waals surface area (Å²) in [5, 5.41) is 5.95. The van der Waals surface area contributed by atoms with Crippen LogP contribution in [0.1, 0.15) is 43.2 Å². The Bertz CT molecular complexity index is 1410. The topological polar surface area (TPSA) is 117 Å². The van der Waals surface area contributed by atoms with Crippen molar-refractivity contribution in [1.29, 1.82) is 0 Å². The van der Waals surface area contributed by atoms with E-state index in [1.807, 2.05) is 0 Å². The molecule has 2 amide bonds. The van der Waals surface area contributed by atoms with Crippen LogP contribution in [-0.4, -0.2) is 69.2 Å². The number of amides is 2. The maximum atomic E-state index is 14.4. The minimum Gasteiger partial charge on any atom is -0.371 e. The van der Waals surface area contributed by atoms with Crippen LogP contribution in [0.2, 0.25) is 0 Å². The average Bonchev–Trinajstić information content (AvgIpc) is 3.39. The zero-order chi connectivity index (χ0) is 31.1. The number of piperidine rings is 1. The number of rotatable bonds is 12. The van der Waals surface area contributed by atoms with Gasteiger partial charge in [-0.15, -0.1) is 0 Å². The molecule has 0 aliphatic carbocycles. The standard InChI is InChI=1S/C29H36BrF3N4O5S/c1-43(40,41)36-26(7-3-18-8-10-34-11-9-18)29(39)37-16-22(42-17-20-4-5-21(30)13-24(20)32)14-27(37)28(38)35-15-19-2-6-23(31)25(33)12-19/h2,4-6,12-13,18,22,26-27,34,36H,3,7-11,14-17H2,1H3,(H,35,38)/t22-,26-,27-/m1/s1. The van der Waals surface area contributed by atoms with Crippen LogP contribution in [0.4, 0.5) is 13.2 Å². The molecule has 14 heteroatoms. The van der Waals surface area contributed by atoms with Crippen molar-refractivity contribution in [3.8, 4) is 0 Å². The van der Waals surface area contributed by atoms with E-state index >= 15 is 0 Å². The summed E-state index contributed by atoms with van der Waals surface area (Å²) in [5.74, 6) is -3.33. The molecule has 43 heavy (non-hydrogen) atoms. The molecule has 0 saturated carbocycles. The Morgan fingerprint density at radius 2 is 1.84 bits per heavy atom. The molecule has 9 nitrogen and oxygen atoms in total. The van der Waals surface area contributed by atoms with E-state index in [2.05, 4.69) is 31.3 Å². The summed E-state index contributed by atoms with van der Waals surface area (Å²) in [7, 11) is -3.76. The third kappa shape index (κ3) is 9.73. The van der Waals surface area contributed by atoms with E-state index in [0.29, 0.717) is 27.9 Å². The molecule has 0 radical (unpaired) electrons. The highest BCUT2D eigenvalue weighted by Crippen LogP contribution is 2.26. The van der Waals surface area contributed by atoms with Crippen molar-refractivity contribution in [3.05, 3.63) is 69.4 Å². The molecule has 0 spiro atoms. The van der Waals surface area contributed by atoms with Crippen LogP contribution in [0.25, 0.3) is 0 Å². The van der Waals surface area contributed by atoms with Gasteiger partial charge in [0.2, 0.25) is 21.8 Å². The van der Waals surface area contributed by atoms with Gasteiger partial charge in [-0.3, -0.25) is 9.59 Å². The molecule has 2 fully saturated rings. The molecule has 0 bridgehead atoms. The quantitative estimate of drug-likeness (QED) is 0.315. The van der Waals surface area contributed by atoms with Gasteiger partial charge in [0.15, 0.2) is 11.6 Å². The Morgan fingerprint density at radius 3 is 2.51 bits per heavy atom. The maximum absolute atomic E-state index is 14.4. The number of likely N-dealkylation sites (tertiary alicyclic amines) is 1. The second-order valence-corrected chi connectivity index (χ2v) is 13.8. The van der Waals surface area contributed by atoms with Crippen molar-refractivity contribution < 1.29 is 35.9 Å². The molecule has 2 aliphatic heterocycles. The Hall–Kier alpha value is -2.52. The van der Waals surface area contributed by atoms with Crippen molar-refractivity contribution in [2.75, 3.05) is 25.9 Å². The fraction of sp³-hybridized carbons (Fsp3) is 0.517. The predicted molar refractivity (Wildman–Crippen MR) is 158 cm³/mol. The SMILES string of the molecule is CS(=O)(=O)N[C@H](CCC1CCNCC1)C(=O)N1C[C@H](OCc2ccc(Br)cc2F)C[C@@H]1C(=O)NCc1ccc(F)c(F)c1. The lowest BCUT2D eigenvalue weighted by Crippen LogP contribution is -2.53. The van der Waals surface area contributed by atoms with E-state index in [-0.39, 0.29) is 32.5 Å². The predicted octanol–water partition coefficient (Wildman–Crippen LogP) is 3.37. The van der Waals surface area contributed by atoms with Crippen LogP contribution in [0.15, 0.2) is 40.9 Å². The van der Waals surface area contributed by atoms with Crippen LogP contribution in [0.3, 0.4) is 0 Å². The number of benzene rings is 2. The number of nitrogens with one attached hydrogen (secondary N) is 3. The van der Waals surface area contributed by atoms with Gasteiger partial charge in [-0.1, -0.05) is 28.1 Å². The van der Waals surface area contributed by atoms with Crippen molar-refractivity contribution in [2.24, 2.45) is 5.92 Å². The molecule has 2 saturated heterocycles. The molecule has 3 N–H and O–H groups in total. The molecule has 3 atom stereocenters. The number of ether oxygens (including phenoxy) is 1. The van der Waals surface area contributed by atoms with Crippen LogP contribution < -0.4 is 15.4 Å². The molecule has 0 aromatic heterocycles. The summed E-state index contributed by atoms with van der Waals surface area (Å²) < 4.78 is 74.8. The summed E-state index contributed by atoms with van der Waals surface area (Å²) in [4.78, 5) is 28.5. The summed E-state index contributed by atoms with van der Waals surface area (Å²) in [6, 6.07) is 5.69. The third-order valence-electron chi connectivity index (χ3n) is 7.77. The fourth-order valence-corrected chi connectivity index (χ4v) is 6.55. The molecule has 2 aromatic carbocycles. The minimum atomic E-state index is -3.76. The lowest BCUT2D eigenvalue weighted by molar-refractivity contribution is -0.140. The molecule has 0 unspecified atom stereocenters. The maximum Gasteiger partial charge on any atom is 0.243 e. The van der Waals surface area contributed by atoms with Crippen LogP contribution in [0, 0.1) is 23.4 Å². The van der Waals surface area contributed by atoms with Crippen molar-refractivity contribution in [3.63, 3.8) is 0 Å². The van der Waals surface area contributed by atoms with E-state index in [9.17, 15) is 31.2 Å². The first kappa shape index (κ1) is 33.4. The summed E-state index contributed by atoms with van der Waals surface area (Å²) >= 11 is 3.21. The zero-order valence-electron chi connectivity index (χ0n) is 23.8. The molecule has 2 heterocycles. The fourth-order valence-electron chi connectivity index (χ4n) is 5.48. The van der Waals surface area contributed by atoms with Gasteiger partial charge >= 0.3 is 0 Å². The summed E-state index contributed by atoms with van der Waals surface area (Å²) in [6.45, 7) is 1.47. The molecule has 236 valence electrons. The first-order valence-electron chi connectivity index (χ1n) is 14.1. The van der Waals surface area contributed by atoms with Gasteiger partial charge in [0.25, 0.3) is 0 Å². The highest BCUT2D eigenvalue weighted by molar-refractivity contribution is 9.10. The largest absolute Gasteiger partial charge is 0.371 e. The number of carbonyl (C=O) groups excluding carboxylic acids is 2. The highest BCUT2D eigenvalue weighted by atomic mass is 79.9. The van der Waals surface area contributed by atoms with E-state index < -0.39 is 57.5 Å². The number of hydrogen-bond acceptors (Lipinski definition) is 6. The molecular weight excluding hydrogens is 653 g/mol. The number of carbonyl (C=O) groups is 2. The first-order chi connectivity index (χ1) is 20.4.